The van der Waals surface area contributed by atoms with Gasteiger partial charge in [0.05, 0.1) is 0 Å². The van der Waals surface area contributed by atoms with Gasteiger partial charge < -0.3 is 5.73 Å². The van der Waals surface area contributed by atoms with E-state index in [1.807, 2.05) is 54.6 Å². The quantitative estimate of drug-likeness (QED) is 0.507. The van der Waals surface area contributed by atoms with E-state index >= 15 is 0 Å². The van der Waals surface area contributed by atoms with E-state index in [-0.39, 0.29) is 11.0 Å². The van der Waals surface area contributed by atoms with Crippen LogP contribution < -0.4 is 5.73 Å². The van der Waals surface area contributed by atoms with Crippen molar-refractivity contribution >= 4 is 23.2 Å². The lowest BCUT2D eigenvalue weighted by Crippen LogP contribution is -2.07. The molecule has 1 unspecified atom stereocenters. The molecule has 98 valence electrons. The molecule has 0 bridgehead atoms. The molecule has 0 aliphatic carbocycles. The number of Topliss-reactive ketones (excluding diaryl/α,β-unsaturated/α-hetero) is 1. The summed E-state index contributed by atoms with van der Waals surface area (Å²) in [6.45, 7) is 2.05. The number of hydrogen-bond donors (Lipinski definition) is 1. The number of carbonyl (C=O) groups excluding carboxylic acids is 1. The van der Waals surface area contributed by atoms with Crippen LogP contribution in [-0.2, 0) is 0 Å². The van der Waals surface area contributed by atoms with Gasteiger partial charge in [-0.1, -0.05) is 49.4 Å². The molecule has 2 rings (SSSR count). The first-order valence-corrected chi connectivity index (χ1v) is 7.14. The molecular formula is C16H17NOS. The maximum Gasteiger partial charge on any atom is 0.163 e. The summed E-state index contributed by atoms with van der Waals surface area (Å²) in [6, 6.07) is 17.2. The molecule has 0 amide bonds. The number of benzene rings is 2. The molecule has 0 aliphatic heterocycles. The van der Waals surface area contributed by atoms with Crippen molar-refractivity contribution in [2.24, 2.45) is 0 Å². The zero-order valence-electron chi connectivity index (χ0n) is 10.9. The molecule has 0 heterocycles. The lowest BCUT2D eigenvalue weighted by atomic mass is 10.1. The number of nitrogens with two attached hydrogens (primary N) is 1. The largest absolute Gasteiger partial charge is 0.398 e. The van der Waals surface area contributed by atoms with Gasteiger partial charge in [-0.25, -0.2) is 0 Å². The molecular weight excluding hydrogens is 254 g/mol. The number of carbonyl (C=O) groups is 1. The number of thioether (sulfide) groups is 1. The van der Waals surface area contributed by atoms with Crippen molar-refractivity contribution in [1.29, 1.82) is 0 Å². The van der Waals surface area contributed by atoms with Crippen molar-refractivity contribution in [2.75, 3.05) is 5.73 Å². The lowest BCUT2D eigenvalue weighted by Gasteiger charge is -2.12. The van der Waals surface area contributed by atoms with Crippen molar-refractivity contribution < 1.29 is 4.79 Å². The van der Waals surface area contributed by atoms with E-state index in [4.69, 9.17) is 5.73 Å². The maximum absolute atomic E-state index is 12.1. The third kappa shape index (κ3) is 3.86. The standard InChI is InChI=1S/C16H17NOS/c1-12(19-16-10-6-5-9-14(16)17)11-15(18)13-7-3-2-4-8-13/h2-10,12H,11,17H2,1H3. The van der Waals surface area contributed by atoms with Gasteiger partial charge in [-0.05, 0) is 12.1 Å². The van der Waals surface area contributed by atoms with E-state index in [0.717, 1.165) is 16.1 Å². The molecule has 0 aromatic heterocycles. The Morgan fingerprint density at radius 2 is 1.74 bits per heavy atom. The zero-order valence-corrected chi connectivity index (χ0v) is 11.7. The van der Waals surface area contributed by atoms with E-state index in [2.05, 4.69) is 6.92 Å². The van der Waals surface area contributed by atoms with Gasteiger partial charge in [-0.15, -0.1) is 11.8 Å². The first-order valence-electron chi connectivity index (χ1n) is 6.26. The summed E-state index contributed by atoms with van der Waals surface area (Å²) in [5.74, 6) is 0.176. The molecule has 2 nitrogen and oxygen atoms in total. The highest BCUT2D eigenvalue weighted by atomic mass is 32.2. The van der Waals surface area contributed by atoms with Gasteiger partial charge in [0.15, 0.2) is 5.78 Å². The Balaban J connectivity index is 1.97. The molecule has 0 saturated heterocycles. The van der Waals surface area contributed by atoms with E-state index in [1.165, 1.54) is 0 Å². The number of rotatable bonds is 5. The van der Waals surface area contributed by atoms with Crippen molar-refractivity contribution in [3.8, 4) is 0 Å². The highest BCUT2D eigenvalue weighted by Crippen LogP contribution is 2.30. The molecule has 19 heavy (non-hydrogen) atoms. The Morgan fingerprint density at radius 3 is 2.42 bits per heavy atom. The fraction of sp³-hybridized carbons (Fsp3) is 0.188. The van der Waals surface area contributed by atoms with Crippen LogP contribution in [0.4, 0.5) is 5.69 Å². The normalized spacial score (nSPS) is 12.1. The number of anilines is 1. The summed E-state index contributed by atoms with van der Waals surface area (Å²) in [7, 11) is 0. The van der Waals surface area contributed by atoms with E-state index in [1.54, 1.807) is 11.8 Å². The summed E-state index contributed by atoms with van der Waals surface area (Å²) in [5.41, 5.74) is 7.45. The van der Waals surface area contributed by atoms with Gasteiger partial charge in [0, 0.05) is 27.8 Å². The lowest BCUT2D eigenvalue weighted by molar-refractivity contribution is 0.0983. The average Bonchev–Trinajstić information content (AvgIpc) is 2.42. The number of para-hydroxylation sites is 1. The zero-order chi connectivity index (χ0) is 13.7. The Kier molecular flexibility index (Phi) is 4.63. The predicted molar refractivity (Wildman–Crippen MR) is 81.6 cm³/mol. The van der Waals surface area contributed by atoms with Crippen LogP contribution in [0.25, 0.3) is 0 Å². The van der Waals surface area contributed by atoms with Crippen LogP contribution in [0.15, 0.2) is 59.5 Å². The van der Waals surface area contributed by atoms with Crippen LogP contribution >= 0.6 is 11.8 Å². The molecule has 0 radical (unpaired) electrons. The van der Waals surface area contributed by atoms with E-state index in [9.17, 15) is 4.79 Å². The second-order valence-electron chi connectivity index (χ2n) is 4.46. The van der Waals surface area contributed by atoms with Gasteiger partial charge in [-0.2, -0.15) is 0 Å². The van der Waals surface area contributed by atoms with Gasteiger partial charge in [0.2, 0.25) is 0 Å². The third-order valence-electron chi connectivity index (χ3n) is 2.82. The maximum atomic E-state index is 12.1. The Labute approximate surface area is 118 Å². The fourth-order valence-electron chi connectivity index (χ4n) is 1.85. The second-order valence-corrected chi connectivity index (χ2v) is 5.94. The van der Waals surface area contributed by atoms with Crippen LogP contribution in [0.1, 0.15) is 23.7 Å². The molecule has 0 saturated carbocycles. The SMILES string of the molecule is CC(CC(=O)c1ccccc1)Sc1ccccc1N. The topological polar surface area (TPSA) is 43.1 Å². The molecule has 0 aliphatic rings. The smallest absolute Gasteiger partial charge is 0.163 e. The number of hydrogen-bond acceptors (Lipinski definition) is 3. The van der Waals surface area contributed by atoms with Gasteiger partial charge in [0.1, 0.15) is 0 Å². The highest BCUT2D eigenvalue weighted by Gasteiger charge is 2.13. The molecule has 0 fully saturated rings. The van der Waals surface area contributed by atoms with E-state index < -0.39 is 0 Å². The summed E-state index contributed by atoms with van der Waals surface area (Å²) < 4.78 is 0. The summed E-state index contributed by atoms with van der Waals surface area (Å²) in [6.07, 6.45) is 0.517. The van der Waals surface area contributed by atoms with Gasteiger partial charge in [-0.3, -0.25) is 4.79 Å². The molecule has 2 aromatic carbocycles. The molecule has 2 N–H and O–H groups in total. The van der Waals surface area contributed by atoms with E-state index in [0.29, 0.717) is 6.42 Å². The minimum absolute atomic E-state index is 0.176. The monoisotopic (exact) mass is 271 g/mol. The molecule has 0 spiro atoms. The van der Waals surface area contributed by atoms with Crippen LogP contribution in [-0.4, -0.2) is 11.0 Å². The Bertz CT molecular complexity index is 554. The summed E-state index contributed by atoms with van der Waals surface area (Å²) in [5, 5.41) is 0.206. The second kappa shape index (κ2) is 6.43. The Hall–Kier alpha value is -1.74. The predicted octanol–water partition coefficient (Wildman–Crippen LogP) is 4.02. The summed E-state index contributed by atoms with van der Waals surface area (Å²) >= 11 is 1.65. The minimum Gasteiger partial charge on any atom is -0.398 e. The van der Waals surface area contributed by atoms with Crippen LogP contribution in [0.2, 0.25) is 0 Å². The Morgan fingerprint density at radius 1 is 1.11 bits per heavy atom. The third-order valence-corrected chi connectivity index (χ3v) is 4.01. The van der Waals surface area contributed by atoms with Crippen molar-refractivity contribution in [2.45, 2.75) is 23.5 Å². The number of nitrogen functional groups attached to an aromatic ring is 1. The van der Waals surface area contributed by atoms with Crippen LogP contribution in [0, 0.1) is 0 Å². The highest BCUT2D eigenvalue weighted by molar-refractivity contribution is 8.00. The van der Waals surface area contributed by atoms with Crippen LogP contribution in [0.5, 0.6) is 0 Å². The average molecular weight is 271 g/mol. The summed E-state index contributed by atoms with van der Waals surface area (Å²) in [4.78, 5) is 13.1. The molecule has 1 atom stereocenters. The molecule has 2 aromatic rings. The van der Waals surface area contributed by atoms with Crippen molar-refractivity contribution in [1.82, 2.24) is 0 Å². The first kappa shape index (κ1) is 13.7. The first-order chi connectivity index (χ1) is 9.16. The van der Waals surface area contributed by atoms with Crippen LogP contribution in [0.3, 0.4) is 0 Å². The number of ketones is 1. The van der Waals surface area contributed by atoms with Gasteiger partial charge >= 0.3 is 0 Å². The van der Waals surface area contributed by atoms with Crippen molar-refractivity contribution in [3.63, 3.8) is 0 Å². The fourth-order valence-corrected chi connectivity index (χ4v) is 2.88. The van der Waals surface area contributed by atoms with Gasteiger partial charge in [0.25, 0.3) is 0 Å². The van der Waals surface area contributed by atoms with Crippen molar-refractivity contribution in [3.05, 3.63) is 60.2 Å². The minimum atomic E-state index is 0.176. The molecule has 3 heteroatoms.